The van der Waals surface area contributed by atoms with Crippen LogP contribution in [0.1, 0.15) is 18.4 Å². The van der Waals surface area contributed by atoms with Gasteiger partial charge in [0.15, 0.2) is 0 Å². The molecule has 0 atom stereocenters. The number of anilines is 1. The molecule has 148 valence electrons. The molecule has 0 saturated carbocycles. The number of para-hydroxylation sites is 1. The molecule has 2 heterocycles. The minimum Gasteiger partial charge on any atom is -0.381 e. The molecule has 2 aromatic rings. The van der Waals surface area contributed by atoms with E-state index < -0.39 is 21.9 Å². The number of ether oxygens (including phenoxy) is 1. The predicted octanol–water partition coefficient (Wildman–Crippen LogP) is 3.38. The van der Waals surface area contributed by atoms with Crippen molar-refractivity contribution in [2.24, 2.45) is 5.92 Å². The molecule has 0 unspecified atom stereocenters. The Kier molecular flexibility index (Phi) is 5.07. The predicted molar refractivity (Wildman–Crippen MR) is 102 cm³/mol. The van der Waals surface area contributed by atoms with Crippen molar-refractivity contribution in [2.45, 2.75) is 24.3 Å². The molecule has 1 fully saturated rings. The first-order chi connectivity index (χ1) is 13.5. The highest BCUT2D eigenvalue weighted by Gasteiger charge is 2.42. The van der Waals surface area contributed by atoms with Crippen molar-refractivity contribution >= 4 is 21.7 Å². The highest BCUT2D eigenvalue weighted by atomic mass is 32.2. The number of carbonyl (C=O) groups excluding carboxylic acids is 1. The standard InChI is InChI=1S/C20H21FN2O4S/c21-17-7-5-15(6-8-17)14-23-20(24)22(13-16-9-11-27-12-10-16)18-3-1-2-4-19(18)28(23,25)26/h1-8,16H,9-14H2. The van der Waals surface area contributed by atoms with E-state index in [0.717, 1.165) is 17.1 Å². The fraction of sp³-hybridized carbons (Fsp3) is 0.350. The quantitative estimate of drug-likeness (QED) is 0.784. The number of rotatable bonds is 4. The van der Waals surface area contributed by atoms with Gasteiger partial charge in [-0.15, -0.1) is 0 Å². The lowest BCUT2D eigenvalue weighted by Gasteiger charge is -2.38. The summed E-state index contributed by atoms with van der Waals surface area (Å²) in [6, 6.07) is 11.5. The number of halogens is 1. The Bertz CT molecular complexity index is 972. The number of fused-ring (bicyclic) bond motifs is 1. The molecule has 2 aliphatic heterocycles. The molecule has 0 aromatic heterocycles. The van der Waals surface area contributed by atoms with E-state index in [0.29, 0.717) is 31.0 Å². The van der Waals surface area contributed by atoms with Crippen molar-refractivity contribution in [3.05, 3.63) is 59.9 Å². The maximum atomic E-state index is 13.2. The Hall–Kier alpha value is -2.45. The van der Waals surface area contributed by atoms with Crippen LogP contribution in [0.4, 0.5) is 14.9 Å². The second-order valence-electron chi connectivity index (χ2n) is 7.05. The molecular formula is C20H21FN2O4S. The van der Waals surface area contributed by atoms with E-state index in [2.05, 4.69) is 0 Å². The molecule has 0 spiro atoms. The first kappa shape index (κ1) is 18.9. The van der Waals surface area contributed by atoms with Gasteiger partial charge in [0.05, 0.1) is 12.2 Å². The molecule has 0 bridgehead atoms. The zero-order chi connectivity index (χ0) is 19.7. The van der Waals surface area contributed by atoms with E-state index in [-0.39, 0.29) is 17.4 Å². The summed E-state index contributed by atoms with van der Waals surface area (Å²) in [6.07, 6.45) is 1.66. The summed E-state index contributed by atoms with van der Waals surface area (Å²) in [6.45, 7) is 1.59. The zero-order valence-corrected chi connectivity index (χ0v) is 16.1. The maximum Gasteiger partial charge on any atom is 0.338 e. The van der Waals surface area contributed by atoms with E-state index in [1.807, 2.05) is 0 Å². The lowest BCUT2D eigenvalue weighted by Crippen LogP contribution is -2.52. The molecule has 4 rings (SSSR count). The Labute approximate surface area is 163 Å². The van der Waals surface area contributed by atoms with Gasteiger partial charge in [0.1, 0.15) is 10.7 Å². The normalized spacial score (nSPS) is 19.5. The lowest BCUT2D eigenvalue weighted by atomic mass is 9.99. The van der Waals surface area contributed by atoms with Crippen LogP contribution in [0.5, 0.6) is 0 Å². The number of benzene rings is 2. The van der Waals surface area contributed by atoms with Gasteiger partial charge in [0.25, 0.3) is 10.0 Å². The van der Waals surface area contributed by atoms with Crippen molar-refractivity contribution in [3.8, 4) is 0 Å². The van der Waals surface area contributed by atoms with Gasteiger partial charge < -0.3 is 4.74 Å². The molecule has 28 heavy (non-hydrogen) atoms. The SMILES string of the molecule is O=C1N(CC2CCOCC2)c2ccccc2S(=O)(=O)N1Cc1ccc(F)cc1. The van der Waals surface area contributed by atoms with Crippen LogP contribution in [0.15, 0.2) is 53.4 Å². The Morgan fingerprint density at radius 2 is 1.71 bits per heavy atom. The smallest absolute Gasteiger partial charge is 0.338 e. The number of amides is 2. The molecule has 0 radical (unpaired) electrons. The van der Waals surface area contributed by atoms with Crippen LogP contribution in [-0.2, 0) is 21.3 Å². The molecule has 0 N–H and O–H groups in total. The van der Waals surface area contributed by atoms with Gasteiger partial charge in [-0.3, -0.25) is 4.90 Å². The van der Waals surface area contributed by atoms with Crippen molar-refractivity contribution < 1.29 is 22.3 Å². The number of hydrogen-bond donors (Lipinski definition) is 0. The average Bonchev–Trinajstić information content (AvgIpc) is 2.71. The van der Waals surface area contributed by atoms with Crippen molar-refractivity contribution in [3.63, 3.8) is 0 Å². The molecule has 2 amide bonds. The minimum atomic E-state index is -3.99. The number of urea groups is 1. The molecule has 8 heteroatoms. The third-order valence-corrected chi connectivity index (χ3v) is 6.96. The van der Waals surface area contributed by atoms with Crippen LogP contribution in [0.2, 0.25) is 0 Å². The summed E-state index contributed by atoms with van der Waals surface area (Å²) >= 11 is 0. The largest absolute Gasteiger partial charge is 0.381 e. The van der Waals surface area contributed by atoms with Crippen molar-refractivity contribution in [1.29, 1.82) is 0 Å². The Morgan fingerprint density at radius 3 is 2.43 bits per heavy atom. The van der Waals surface area contributed by atoms with Crippen molar-refractivity contribution in [1.82, 2.24) is 4.31 Å². The van der Waals surface area contributed by atoms with Gasteiger partial charge in [-0.05, 0) is 48.6 Å². The number of sulfonamides is 1. The topological polar surface area (TPSA) is 66.9 Å². The highest BCUT2D eigenvalue weighted by Crippen LogP contribution is 2.36. The molecular weight excluding hydrogens is 383 g/mol. The van der Waals surface area contributed by atoms with E-state index in [9.17, 15) is 17.6 Å². The van der Waals surface area contributed by atoms with E-state index in [1.165, 1.54) is 30.3 Å². The van der Waals surface area contributed by atoms with Crippen LogP contribution in [0.3, 0.4) is 0 Å². The van der Waals surface area contributed by atoms with Crippen molar-refractivity contribution in [2.75, 3.05) is 24.7 Å². The number of hydrogen-bond acceptors (Lipinski definition) is 4. The fourth-order valence-corrected chi connectivity index (χ4v) is 5.18. The third kappa shape index (κ3) is 3.49. The highest BCUT2D eigenvalue weighted by molar-refractivity contribution is 7.90. The number of carbonyl (C=O) groups is 1. The fourth-order valence-electron chi connectivity index (χ4n) is 3.63. The van der Waals surface area contributed by atoms with Crippen LogP contribution in [0, 0.1) is 11.7 Å². The second-order valence-corrected chi connectivity index (χ2v) is 8.89. The summed E-state index contributed by atoms with van der Waals surface area (Å²) < 4.78 is 45.7. The first-order valence-corrected chi connectivity index (χ1v) is 10.7. The average molecular weight is 404 g/mol. The Morgan fingerprint density at radius 1 is 1.04 bits per heavy atom. The Balaban J connectivity index is 1.70. The van der Waals surface area contributed by atoms with Crippen LogP contribution >= 0.6 is 0 Å². The van der Waals surface area contributed by atoms with E-state index in [4.69, 9.17) is 4.74 Å². The first-order valence-electron chi connectivity index (χ1n) is 9.22. The van der Waals surface area contributed by atoms with Gasteiger partial charge >= 0.3 is 6.03 Å². The molecule has 2 aromatic carbocycles. The van der Waals surface area contributed by atoms with Crippen LogP contribution in [-0.4, -0.2) is 38.5 Å². The monoisotopic (exact) mass is 404 g/mol. The van der Waals surface area contributed by atoms with Gasteiger partial charge in [0.2, 0.25) is 0 Å². The van der Waals surface area contributed by atoms with E-state index >= 15 is 0 Å². The summed E-state index contributed by atoms with van der Waals surface area (Å²) in [4.78, 5) is 14.9. The van der Waals surface area contributed by atoms with Gasteiger partial charge in [-0.25, -0.2) is 21.9 Å². The van der Waals surface area contributed by atoms with Gasteiger partial charge in [0, 0.05) is 19.8 Å². The maximum absolute atomic E-state index is 13.2. The summed E-state index contributed by atoms with van der Waals surface area (Å²) in [5.41, 5.74) is 0.957. The molecule has 6 nitrogen and oxygen atoms in total. The summed E-state index contributed by atoms with van der Waals surface area (Å²) in [5, 5.41) is 0. The second kappa shape index (κ2) is 7.52. The molecule has 0 aliphatic carbocycles. The minimum absolute atomic E-state index is 0.115. The molecule has 2 aliphatic rings. The van der Waals surface area contributed by atoms with Crippen LogP contribution in [0.25, 0.3) is 0 Å². The third-order valence-electron chi connectivity index (χ3n) is 5.19. The lowest BCUT2D eigenvalue weighted by molar-refractivity contribution is 0.0683. The summed E-state index contributed by atoms with van der Waals surface area (Å²) in [7, 11) is -3.99. The van der Waals surface area contributed by atoms with Gasteiger partial charge in [-0.2, -0.15) is 0 Å². The summed E-state index contributed by atoms with van der Waals surface area (Å²) in [5.74, 6) is -0.165. The number of nitrogens with zero attached hydrogens (tertiary/aromatic N) is 2. The van der Waals surface area contributed by atoms with Crippen LogP contribution < -0.4 is 4.90 Å². The van der Waals surface area contributed by atoms with E-state index in [1.54, 1.807) is 23.1 Å². The molecule has 1 saturated heterocycles. The van der Waals surface area contributed by atoms with Gasteiger partial charge in [-0.1, -0.05) is 24.3 Å². The zero-order valence-electron chi connectivity index (χ0n) is 15.3.